The number of nitrogens with one attached hydrogen (secondary N) is 1. The van der Waals surface area contributed by atoms with Crippen molar-refractivity contribution in [1.82, 2.24) is 5.32 Å². The lowest BCUT2D eigenvalue weighted by molar-refractivity contribution is 0.765. The van der Waals surface area contributed by atoms with Crippen molar-refractivity contribution in [1.29, 1.82) is 0 Å². The van der Waals surface area contributed by atoms with Gasteiger partial charge in [-0.3, -0.25) is 0 Å². The molecule has 1 N–H and O–H groups in total. The van der Waals surface area contributed by atoms with Crippen LogP contribution in [0, 0.1) is 0 Å². The highest BCUT2D eigenvalue weighted by Gasteiger charge is 2.08. The summed E-state index contributed by atoms with van der Waals surface area (Å²) in [7, 11) is 0. The van der Waals surface area contributed by atoms with E-state index < -0.39 is 0 Å². The van der Waals surface area contributed by atoms with Crippen LogP contribution in [-0.4, -0.2) is 0 Å². The predicted molar refractivity (Wildman–Crippen MR) is 72.4 cm³/mol. The maximum absolute atomic E-state index is 3.36. The van der Waals surface area contributed by atoms with Crippen LogP contribution in [0.15, 0.2) is 48.5 Å². The van der Waals surface area contributed by atoms with Gasteiger partial charge in [0, 0.05) is 13.1 Å². The molecule has 1 heteroatoms. The minimum Gasteiger partial charge on any atom is -0.309 e. The molecule has 0 amide bonds. The van der Waals surface area contributed by atoms with Gasteiger partial charge in [0.2, 0.25) is 0 Å². The smallest absolute Gasteiger partial charge is 0.0212 e. The van der Waals surface area contributed by atoms with E-state index in [1.165, 1.54) is 22.3 Å². The van der Waals surface area contributed by atoms with Crippen molar-refractivity contribution in [2.45, 2.75) is 13.1 Å². The molecule has 1 heterocycles. The van der Waals surface area contributed by atoms with Crippen LogP contribution in [-0.2, 0) is 13.1 Å². The molecule has 2 aromatic rings. The standard InChI is InChI=1S/C16H15N/c1-2-4-13(5-3-1)6-7-14-8-9-15-11-17-12-16(15)10-14/h1-10,17H,11-12H2/b7-6+. The first-order chi connectivity index (χ1) is 8.42. The Kier molecular flexibility index (Phi) is 2.76. The Balaban J connectivity index is 1.84. The van der Waals surface area contributed by atoms with Gasteiger partial charge in [-0.1, -0.05) is 60.7 Å². The number of fused-ring (bicyclic) bond motifs is 1. The second-order valence-electron chi connectivity index (χ2n) is 4.38. The molecule has 0 atom stereocenters. The van der Waals surface area contributed by atoms with Crippen LogP contribution in [0.25, 0.3) is 12.2 Å². The zero-order chi connectivity index (χ0) is 11.5. The Morgan fingerprint density at radius 2 is 1.53 bits per heavy atom. The van der Waals surface area contributed by atoms with Crippen LogP contribution in [0.1, 0.15) is 22.3 Å². The van der Waals surface area contributed by atoms with Crippen molar-refractivity contribution in [3.05, 3.63) is 70.8 Å². The van der Waals surface area contributed by atoms with E-state index in [1.54, 1.807) is 0 Å². The lowest BCUT2D eigenvalue weighted by Gasteiger charge is -1.99. The number of hydrogen-bond donors (Lipinski definition) is 1. The summed E-state index contributed by atoms with van der Waals surface area (Å²) < 4.78 is 0. The van der Waals surface area contributed by atoms with Gasteiger partial charge in [0.05, 0.1) is 0 Å². The summed E-state index contributed by atoms with van der Waals surface area (Å²) in [6.45, 7) is 2.01. The fraction of sp³-hybridized carbons (Fsp3) is 0.125. The number of rotatable bonds is 2. The molecule has 17 heavy (non-hydrogen) atoms. The van der Waals surface area contributed by atoms with Gasteiger partial charge >= 0.3 is 0 Å². The summed E-state index contributed by atoms with van der Waals surface area (Å²) in [6, 6.07) is 17.1. The molecule has 1 aliphatic heterocycles. The fourth-order valence-corrected chi connectivity index (χ4v) is 2.17. The second-order valence-corrected chi connectivity index (χ2v) is 4.38. The summed E-state index contributed by atoms with van der Waals surface area (Å²) in [5.74, 6) is 0. The Bertz CT molecular complexity index is 541. The SMILES string of the molecule is C(=C\c1ccc2c(c1)CNC2)/c1ccccc1. The van der Waals surface area contributed by atoms with Crippen LogP contribution in [0.4, 0.5) is 0 Å². The Morgan fingerprint density at radius 3 is 2.41 bits per heavy atom. The fourth-order valence-electron chi connectivity index (χ4n) is 2.17. The van der Waals surface area contributed by atoms with Gasteiger partial charge in [-0.05, 0) is 22.3 Å². The monoisotopic (exact) mass is 221 g/mol. The van der Waals surface area contributed by atoms with E-state index in [9.17, 15) is 0 Å². The van der Waals surface area contributed by atoms with Crippen molar-refractivity contribution in [3.63, 3.8) is 0 Å². The highest BCUT2D eigenvalue weighted by Crippen LogP contribution is 2.18. The Morgan fingerprint density at radius 1 is 0.765 bits per heavy atom. The highest BCUT2D eigenvalue weighted by molar-refractivity contribution is 5.70. The molecule has 0 aromatic heterocycles. The van der Waals surface area contributed by atoms with E-state index in [2.05, 4.69) is 59.9 Å². The van der Waals surface area contributed by atoms with Gasteiger partial charge < -0.3 is 5.32 Å². The van der Waals surface area contributed by atoms with Crippen molar-refractivity contribution in [2.24, 2.45) is 0 Å². The molecular weight excluding hydrogens is 206 g/mol. The summed E-state index contributed by atoms with van der Waals surface area (Å²) in [5.41, 5.74) is 5.38. The minimum atomic E-state index is 1.00. The maximum atomic E-state index is 3.36. The van der Waals surface area contributed by atoms with E-state index in [1.807, 2.05) is 6.07 Å². The molecule has 3 rings (SSSR count). The number of hydrogen-bond acceptors (Lipinski definition) is 1. The summed E-state index contributed by atoms with van der Waals surface area (Å²) in [4.78, 5) is 0. The normalized spacial score (nSPS) is 14.1. The first kappa shape index (κ1) is 10.3. The molecule has 0 fully saturated rings. The predicted octanol–water partition coefficient (Wildman–Crippen LogP) is 3.46. The van der Waals surface area contributed by atoms with Gasteiger partial charge in [-0.15, -0.1) is 0 Å². The van der Waals surface area contributed by atoms with Crippen LogP contribution in [0.2, 0.25) is 0 Å². The Labute approximate surface area is 102 Å². The largest absolute Gasteiger partial charge is 0.309 e. The number of benzene rings is 2. The molecule has 0 unspecified atom stereocenters. The first-order valence-electron chi connectivity index (χ1n) is 5.97. The molecule has 0 saturated carbocycles. The minimum absolute atomic E-state index is 1.00. The molecule has 1 nitrogen and oxygen atoms in total. The molecule has 1 aliphatic rings. The van der Waals surface area contributed by atoms with Crippen molar-refractivity contribution < 1.29 is 0 Å². The van der Waals surface area contributed by atoms with Crippen LogP contribution < -0.4 is 5.32 Å². The van der Waals surface area contributed by atoms with E-state index in [0.29, 0.717) is 0 Å². The van der Waals surface area contributed by atoms with Gasteiger partial charge in [0.25, 0.3) is 0 Å². The maximum Gasteiger partial charge on any atom is 0.0212 e. The van der Waals surface area contributed by atoms with E-state index in [-0.39, 0.29) is 0 Å². The molecule has 2 aromatic carbocycles. The van der Waals surface area contributed by atoms with Gasteiger partial charge in [0.1, 0.15) is 0 Å². The Hall–Kier alpha value is -1.86. The first-order valence-corrected chi connectivity index (χ1v) is 5.97. The second kappa shape index (κ2) is 4.56. The summed E-state index contributed by atoms with van der Waals surface area (Å²) in [5, 5.41) is 3.36. The molecule has 0 spiro atoms. The third kappa shape index (κ3) is 2.29. The van der Waals surface area contributed by atoms with E-state index >= 15 is 0 Å². The van der Waals surface area contributed by atoms with Crippen LogP contribution in [0.3, 0.4) is 0 Å². The topological polar surface area (TPSA) is 12.0 Å². The zero-order valence-corrected chi connectivity index (χ0v) is 9.69. The van der Waals surface area contributed by atoms with Gasteiger partial charge in [0.15, 0.2) is 0 Å². The molecule has 0 aliphatic carbocycles. The lowest BCUT2D eigenvalue weighted by atomic mass is 10.1. The lowest BCUT2D eigenvalue weighted by Crippen LogP contribution is -1.99. The average molecular weight is 221 g/mol. The molecule has 0 bridgehead atoms. The third-order valence-electron chi connectivity index (χ3n) is 3.13. The quantitative estimate of drug-likeness (QED) is 0.766. The van der Waals surface area contributed by atoms with E-state index in [0.717, 1.165) is 13.1 Å². The average Bonchev–Trinajstić information content (AvgIpc) is 2.85. The third-order valence-corrected chi connectivity index (χ3v) is 3.13. The van der Waals surface area contributed by atoms with Crippen molar-refractivity contribution >= 4 is 12.2 Å². The van der Waals surface area contributed by atoms with Crippen LogP contribution >= 0.6 is 0 Å². The highest BCUT2D eigenvalue weighted by atomic mass is 14.9. The summed E-state index contributed by atoms with van der Waals surface area (Å²) >= 11 is 0. The molecule has 84 valence electrons. The van der Waals surface area contributed by atoms with Crippen molar-refractivity contribution in [3.8, 4) is 0 Å². The van der Waals surface area contributed by atoms with Crippen LogP contribution in [0.5, 0.6) is 0 Å². The molecule has 0 saturated heterocycles. The van der Waals surface area contributed by atoms with Crippen molar-refractivity contribution in [2.75, 3.05) is 0 Å². The summed E-state index contributed by atoms with van der Waals surface area (Å²) in [6.07, 6.45) is 4.33. The zero-order valence-electron chi connectivity index (χ0n) is 9.69. The van der Waals surface area contributed by atoms with Gasteiger partial charge in [-0.2, -0.15) is 0 Å². The molecular formula is C16H15N. The molecule has 0 radical (unpaired) electrons. The van der Waals surface area contributed by atoms with E-state index in [4.69, 9.17) is 0 Å². The van der Waals surface area contributed by atoms with Gasteiger partial charge in [-0.25, -0.2) is 0 Å².